The lowest BCUT2D eigenvalue weighted by atomic mass is 10.1. The summed E-state index contributed by atoms with van der Waals surface area (Å²) in [4.78, 5) is 0. The summed E-state index contributed by atoms with van der Waals surface area (Å²) in [5.41, 5.74) is 0. The molecule has 0 aromatic heterocycles. The fourth-order valence-electron chi connectivity index (χ4n) is 1.53. The normalized spacial score (nSPS) is 10.1. The van der Waals surface area contributed by atoms with Gasteiger partial charge in [0.2, 0.25) is 0 Å². The lowest BCUT2D eigenvalue weighted by molar-refractivity contribution is 0.367. The lowest BCUT2D eigenvalue weighted by Crippen LogP contribution is -1.93. The Hall–Kier alpha value is -1.96. The maximum Gasteiger partial charge on any atom is 0.127 e. The van der Waals surface area contributed by atoms with E-state index in [0.717, 1.165) is 16.5 Å². The second kappa shape index (κ2) is 4.05. The van der Waals surface area contributed by atoms with Gasteiger partial charge in [0.05, 0.1) is 0 Å². The van der Waals surface area contributed by atoms with Crippen molar-refractivity contribution in [3.05, 3.63) is 49.1 Å². The van der Waals surface area contributed by atoms with E-state index < -0.39 is 0 Å². The van der Waals surface area contributed by atoms with E-state index in [1.54, 1.807) is 18.2 Å². The van der Waals surface area contributed by atoms with Gasteiger partial charge >= 0.3 is 0 Å². The van der Waals surface area contributed by atoms with Gasteiger partial charge in [0.15, 0.2) is 0 Å². The molecule has 2 rings (SSSR count). The smallest absolute Gasteiger partial charge is 0.127 e. The second-order valence-corrected chi connectivity index (χ2v) is 3.23. The lowest BCUT2D eigenvalue weighted by Gasteiger charge is -2.08. The fraction of sp³-hybridized carbons (Fsp3) is 0.0769. The number of rotatable bonds is 3. The Morgan fingerprint density at radius 2 is 1.87 bits per heavy atom. The molecule has 0 aliphatic rings. The molecular formula is C13H12O2. The first-order valence-corrected chi connectivity index (χ1v) is 4.77. The molecule has 0 aliphatic carbocycles. The molecule has 2 nitrogen and oxygen atoms in total. The first-order valence-electron chi connectivity index (χ1n) is 4.77. The molecule has 0 spiro atoms. The predicted octanol–water partition coefficient (Wildman–Crippen LogP) is 3.11. The summed E-state index contributed by atoms with van der Waals surface area (Å²) in [5, 5.41) is 11.4. The average molecular weight is 200 g/mol. The zero-order valence-electron chi connectivity index (χ0n) is 8.31. The Bertz CT molecular complexity index is 489. The van der Waals surface area contributed by atoms with Crippen LogP contribution in [0.5, 0.6) is 11.5 Å². The number of benzene rings is 2. The van der Waals surface area contributed by atoms with E-state index in [4.69, 9.17) is 4.74 Å². The van der Waals surface area contributed by atoms with E-state index in [-0.39, 0.29) is 5.75 Å². The van der Waals surface area contributed by atoms with Crippen LogP contribution in [0.3, 0.4) is 0 Å². The first kappa shape index (κ1) is 9.59. The minimum Gasteiger partial charge on any atom is -0.507 e. The molecular weight excluding hydrogens is 188 g/mol. The van der Waals surface area contributed by atoms with Crippen LogP contribution in [0.2, 0.25) is 0 Å². The van der Waals surface area contributed by atoms with E-state index in [1.165, 1.54) is 0 Å². The summed E-state index contributed by atoms with van der Waals surface area (Å²) in [5.74, 6) is 1.04. The molecule has 15 heavy (non-hydrogen) atoms. The highest BCUT2D eigenvalue weighted by Crippen LogP contribution is 2.31. The molecule has 0 saturated carbocycles. The highest BCUT2D eigenvalue weighted by molar-refractivity contribution is 5.92. The van der Waals surface area contributed by atoms with Gasteiger partial charge in [0.25, 0.3) is 0 Å². The summed E-state index contributed by atoms with van der Waals surface area (Å²) in [7, 11) is 0. The third kappa shape index (κ3) is 1.79. The summed E-state index contributed by atoms with van der Waals surface area (Å²) < 4.78 is 5.49. The van der Waals surface area contributed by atoms with Crippen molar-refractivity contribution in [1.82, 2.24) is 0 Å². The van der Waals surface area contributed by atoms with Gasteiger partial charge in [0.1, 0.15) is 18.1 Å². The van der Waals surface area contributed by atoms with Gasteiger partial charge < -0.3 is 9.84 Å². The molecule has 0 amide bonds. The van der Waals surface area contributed by atoms with Crippen LogP contribution < -0.4 is 4.74 Å². The van der Waals surface area contributed by atoms with Crippen LogP contribution in [-0.2, 0) is 0 Å². The molecule has 0 fully saturated rings. The maximum atomic E-state index is 9.65. The Morgan fingerprint density at radius 3 is 2.60 bits per heavy atom. The van der Waals surface area contributed by atoms with Crippen molar-refractivity contribution in [2.75, 3.05) is 6.61 Å². The number of fused-ring (bicyclic) bond motifs is 1. The number of hydrogen-bond acceptors (Lipinski definition) is 2. The van der Waals surface area contributed by atoms with Crippen molar-refractivity contribution in [3.63, 3.8) is 0 Å². The second-order valence-electron chi connectivity index (χ2n) is 3.23. The molecule has 76 valence electrons. The van der Waals surface area contributed by atoms with Gasteiger partial charge in [-0.15, -0.1) is 0 Å². The predicted molar refractivity (Wildman–Crippen MR) is 61.3 cm³/mol. The first-order chi connectivity index (χ1) is 7.33. The zero-order chi connectivity index (χ0) is 10.7. The average Bonchev–Trinajstić information content (AvgIpc) is 2.29. The number of ether oxygens (including phenoxy) is 1. The van der Waals surface area contributed by atoms with Crippen molar-refractivity contribution in [1.29, 1.82) is 0 Å². The third-order valence-corrected chi connectivity index (χ3v) is 2.22. The molecule has 0 radical (unpaired) electrons. The van der Waals surface area contributed by atoms with Gasteiger partial charge in [-0.2, -0.15) is 0 Å². The van der Waals surface area contributed by atoms with E-state index in [0.29, 0.717) is 6.61 Å². The van der Waals surface area contributed by atoms with Gasteiger partial charge in [-0.05, 0) is 12.1 Å². The van der Waals surface area contributed by atoms with Crippen molar-refractivity contribution in [3.8, 4) is 11.5 Å². The van der Waals surface area contributed by atoms with E-state index in [2.05, 4.69) is 6.58 Å². The van der Waals surface area contributed by atoms with Gasteiger partial charge in [-0.1, -0.05) is 36.9 Å². The molecule has 0 heterocycles. The van der Waals surface area contributed by atoms with Crippen LogP contribution in [0.25, 0.3) is 10.8 Å². The summed E-state index contributed by atoms with van der Waals surface area (Å²) in [6.45, 7) is 4.07. The van der Waals surface area contributed by atoms with E-state index >= 15 is 0 Å². The van der Waals surface area contributed by atoms with Crippen LogP contribution >= 0.6 is 0 Å². The Morgan fingerprint density at radius 1 is 1.13 bits per heavy atom. The minimum atomic E-state index is 0.275. The van der Waals surface area contributed by atoms with Crippen LogP contribution in [0.15, 0.2) is 49.1 Å². The van der Waals surface area contributed by atoms with Gasteiger partial charge in [0, 0.05) is 10.8 Å². The molecule has 0 bridgehead atoms. The molecule has 2 aromatic rings. The summed E-state index contributed by atoms with van der Waals surface area (Å²) >= 11 is 0. The van der Waals surface area contributed by atoms with Crippen molar-refractivity contribution in [2.24, 2.45) is 0 Å². The van der Waals surface area contributed by atoms with Crippen LogP contribution in [0.4, 0.5) is 0 Å². The Kier molecular flexibility index (Phi) is 2.59. The number of phenols is 1. The minimum absolute atomic E-state index is 0.275. The molecule has 1 N–H and O–H groups in total. The van der Waals surface area contributed by atoms with Crippen LogP contribution in [0.1, 0.15) is 0 Å². The van der Waals surface area contributed by atoms with E-state index in [1.807, 2.05) is 24.3 Å². The van der Waals surface area contributed by atoms with Crippen LogP contribution in [0, 0.1) is 0 Å². The topological polar surface area (TPSA) is 29.5 Å². The molecule has 0 saturated heterocycles. The van der Waals surface area contributed by atoms with Crippen LogP contribution in [-0.4, -0.2) is 11.7 Å². The molecule has 2 aromatic carbocycles. The molecule has 2 heteroatoms. The van der Waals surface area contributed by atoms with Crippen molar-refractivity contribution >= 4 is 10.8 Å². The summed E-state index contributed by atoms with van der Waals surface area (Å²) in [6.07, 6.45) is 1.70. The SMILES string of the molecule is C=CCOc1ccc(O)c2ccccc12. The maximum absolute atomic E-state index is 9.65. The standard InChI is InChI=1S/C13H12O2/c1-2-9-15-13-8-7-12(14)10-5-3-4-6-11(10)13/h2-8,14H,1,9H2. The number of aromatic hydroxyl groups is 1. The number of hydrogen-bond donors (Lipinski definition) is 1. The largest absolute Gasteiger partial charge is 0.507 e. The van der Waals surface area contributed by atoms with Gasteiger partial charge in [-0.25, -0.2) is 0 Å². The van der Waals surface area contributed by atoms with Crippen molar-refractivity contribution < 1.29 is 9.84 Å². The quantitative estimate of drug-likeness (QED) is 0.771. The molecule has 0 atom stereocenters. The fourth-order valence-corrected chi connectivity index (χ4v) is 1.53. The van der Waals surface area contributed by atoms with E-state index in [9.17, 15) is 5.11 Å². The summed E-state index contributed by atoms with van der Waals surface area (Å²) in [6, 6.07) is 11.0. The molecule has 0 unspecified atom stereocenters. The Balaban J connectivity index is 2.56. The molecule has 0 aliphatic heterocycles. The van der Waals surface area contributed by atoms with Gasteiger partial charge in [-0.3, -0.25) is 0 Å². The Labute approximate surface area is 88.4 Å². The zero-order valence-corrected chi connectivity index (χ0v) is 8.31. The van der Waals surface area contributed by atoms with Crippen molar-refractivity contribution in [2.45, 2.75) is 0 Å². The highest BCUT2D eigenvalue weighted by atomic mass is 16.5. The number of phenolic OH excluding ortho intramolecular Hbond substituents is 1. The third-order valence-electron chi connectivity index (χ3n) is 2.22. The monoisotopic (exact) mass is 200 g/mol. The highest BCUT2D eigenvalue weighted by Gasteiger charge is 2.04.